The summed E-state index contributed by atoms with van der Waals surface area (Å²) in [6.45, 7) is 0.573. The summed E-state index contributed by atoms with van der Waals surface area (Å²) in [7, 11) is 1.33. The molecule has 7 heteroatoms. The Balaban J connectivity index is 2.73. The van der Waals surface area contributed by atoms with E-state index in [1.54, 1.807) is 0 Å². The Hall–Kier alpha value is -1.63. The second-order valence-electron chi connectivity index (χ2n) is 3.80. The fraction of sp³-hybridized carbons (Fsp3) is 0.417. The standard InChI is InChI=1S/C12H15BrN2O4/c1-19-11-8-9(4-5-10(11)15(17)18)12(16)14-7-3-2-6-13/h4-5,8H,2-3,6-7H2,1H3,(H,14,16). The third kappa shape index (κ3) is 4.51. The predicted molar refractivity (Wildman–Crippen MR) is 75.0 cm³/mol. The lowest BCUT2D eigenvalue weighted by Crippen LogP contribution is -2.24. The number of rotatable bonds is 7. The van der Waals surface area contributed by atoms with Crippen LogP contribution in [0.25, 0.3) is 0 Å². The van der Waals surface area contributed by atoms with Gasteiger partial charge in [0.15, 0.2) is 5.75 Å². The van der Waals surface area contributed by atoms with Crippen LogP contribution in [0.2, 0.25) is 0 Å². The molecule has 0 spiro atoms. The van der Waals surface area contributed by atoms with E-state index in [1.165, 1.54) is 25.3 Å². The van der Waals surface area contributed by atoms with Crippen LogP contribution >= 0.6 is 15.9 Å². The van der Waals surface area contributed by atoms with Crippen molar-refractivity contribution in [2.24, 2.45) is 0 Å². The zero-order valence-electron chi connectivity index (χ0n) is 10.5. The molecule has 0 aliphatic carbocycles. The average Bonchev–Trinajstić information content (AvgIpc) is 2.42. The second kappa shape index (κ2) is 7.73. The average molecular weight is 331 g/mol. The first-order valence-corrected chi connectivity index (χ1v) is 6.89. The molecule has 1 rings (SSSR count). The summed E-state index contributed by atoms with van der Waals surface area (Å²) in [4.78, 5) is 22.0. The van der Waals surface area contributed by atoms with Crippen molar-refractivity contribution < 1.29 is 14.5 Å². The largest absolute Gasteiger partial charge is 0.490 e. The number of nitro groups is 1. The molecule has 19 heavy (non-hydrogen) atoms. The van der Waals surface area contributed by atoms with Crippen molar-refractivity contribution in [3.63, 3.8) is 0 Å². The Bertz CT molecular complexity index is 465. The van der Waals surface area contributed by atoms with Crippen LogP contribution in [0.5, 0.6) is 5.75 Å². The Morgan fingerprint density at radius 1 is 1.47 bits per heavy atom. The van der Waals surface area contributed by atoms with E-state index in [9.17, 15) is 14.9 Å². The highest BCUT2D eigenvalue weighted by atomic mass is 79.9. The van der Waals surface area contributed by atoms with Crippen LogP contribution in [-0.4, -0.2) is 29.8 Å². The Kier molecular flexibility index (Phi) is 6.27. The van der Waals surface area contributed by atoms with Crippen LogP contribution in [0.3, 0.4) is 0 Å². The maximum absolute atomic E-state index is 11.8. The van der Waals surface area contributed by atoms with Crippen molar-refractivity contribution in [3.05, 3.63) is 33.9 Å². The van der Waals surface area contributed by atoms with Crippen LogP contribution < -0.4 is 10.1 Å². The molecule has 0 aromatic heterocycles. The highest BCUT2D eigenvalue weighted by Crippen LogP contribution is 2.27. The lowest BCUT2D eigenvalue weighted by atomic mass is 10.1. The number of methoxy groups -OCH3 is 1. The van der Waals surface area contributed by atoms with Crippen molar-refractivity contribution in [2.75, 3.05) is 19.0 Å². The number of benzene rings is 1. The van der Waals surface area contributed by atoms with E-state index >= 15 is 0 Å². The summed E-state index contributed by atoms with van der Waals surface area (Å²) >= 11 is 3.31. The lowest BCUT2D eigenvalue weighted by molar-refractivity contribution is -0.385. The van der Waals surface area contributed by atoms with E-state index < -0.39 is 4.92 Å². The fourth-order valence-electron chi connectivity index (χ4n) is 1.49. The van der Waals surface area contributed by atoms with Gasteiger partial charge in [0.25, 0.3) is 5.91 Å². The zero-order chi connectivity index (χ0) is 14.3. The smallest absolute Gasteiger partial charge is 0.310 e. The lowest BCUT2D eigenvalue weighted by Gasteiger charge is -2.06. The predicted octanol–water partition coefficient (Wildman–Crippen LogP) is 2.51. The molecule has 0 radical (unpaired) electrons. The molecule has 1 aromatic rings. The number of hydrogen-bond donors (Lipinski definition) is 1. The van der Waals surface area contributed by atoms with Gasteiger partial charge in [0.1, 0.15) is 0 Å². The molecule has 0 aliphatic rings. The zero-order valence-corrected chi connectivity index (χ0v) is 12.1. The summed E-state index contributed by atoms with van der Waals surface area (Å²) in [6, 6.07) is 4.06. The Morgan fingerprint density at radius 3 is 2.79 bits per heavy atom. The van der Waals surface area contributed by atoms with Crippen LogP contribution in [0.4, 0.5) is 5.69 Å². The molecule has 6 nitrogen and oxygen atoms in total. The van der Waals surface area contributed by atoms with E-state index in [4.69, 9.17) is 4.74 Å². The number of ether oxygens (including phenoxy) is 1. The molecule has 0 saturated carbocycles. The van der Waals surface area contributed by atoms with Gasteiger partial charge in [-0.1, -0.05) is 15.9 Å². The summed E-state index contributed by atoms with van der Waals surface area (Å²) in [6.07, 6.45) is 1.85. The van der Waals surface area contributed by atoms with Gasteiger partial charge < -0.3 is 10.1 Å². The first-order valence-electron chi connectivity index (χ1n) is 5.76. The number of nitrogens with zero attached hydrogens (tertiary/aromatic N) is 1. The third-order valence-corrected chi connectivity index (χ3v) is 3.05. The highest BCUT2D eigenvalue weighted by molar-refractivity contribution is 9.09. The monoisotopic (exact) mass is 330 g/mol. The van der Waals surface area contributed by atoms with E-state index in [2.05, 4.69) is 21.2 Å². The highest BCUT2D eigenvalue weighted by Gasteiger charge is 2.17. The topological polar surface area (TPSA) is 81.5 Å². The molecular weight excluding hydrogens is 316 g/mol. The van der Waals surface area contributed by atoms with Gasteiger partial charge in [-0.2, -0.15) is 0 Å². The minimum absolute atomic E-state index is 0.0816. The van der Waals surface area contributed by atoms with Gasteiger partial charge in [-0.25, -0.2) is 0 Å². The van der Waals surface area contributed by atoms with Crippen LogP contribution in [0, 0.1) is 10.1 Å². The molecule has 0 heterocycles. The van der Waals surface area contributed by atoms with Gasteiger partial charge in [-0.05, 0) is 18.9 Å². The SMILES string of the molecule is COc1cc(C(=O)NCCCCBr)ccc1[N+](=O)[O-]. The molecule has 0 aliphatic heterocycles. The maximum atomic E-state index is 11.8. The minimum atomic E-state index is -0.545. The van der Waals surface area contributed by atoms with Crippen molar-refractivity contribution in [1.29, 1.82) is 0 Å². The van der Waals surface area contributed by atoms with E-state index in [0.29, 0.717) is 12.1 Å². The molecule has 1 N–H and O–H groups in total. The number of hydrogen-bond acceptors (Lipinski definition) is 4. The minimum Gasteiger partial charge on any atom is -0.490 e. The summed E-state index contributed by atoms with van der Waals surface area (Å²) in [5, 5.41) is 14.4. The van der Waals surface area contributed by atoms with Gasteiger partial charge in [-0.3, -0.25) is 14.9 Å². The molecule has 1 aromatic carbocycles. The number of halogens is 1. The van der Waals surface area contributed by atoms with Crippen molar-refractivity contribution in [2.45, 2.75) is 12.8 Å². The second-order valence-corrected chi connectivity index (χ2v) is 4.59. The van der Waals surface area contributed by atoms with Gasteiger partial charge in [-0.15, -0.1) is 0 Å². The number of alkyl halides is 1. The number of carbonyl (C=O) groups is 1. The Morgan fingerprint density at radius 2 is 2.21 bits per heavy atom. The molecule has 104 valence electrons. The number of carbonyl (C=O) groups excluding carboxylic acids is 1. The first kappa shape index (κ1) is 15.4. The molecule has 0 atom stereocenters. The third-order valence-electron chi connectivity index (χ3n) is 2.48. The fourth-order valence-corrected chi connectivity index (χ4v) is 1.89. The number of nitro benzene ring substituents is 1. The van der Waals surface area contributed by atoms with Gasteiger partial charge in [0, 0.05) is 29.6 Å². The van der Waals surface area contributed by atoms with Crippen molar-refractivity contribution in [3.8, 4) is 5.75 Å². The number of amides is 1. The van der Waals surface area contributed by atoms with E-state index in [0.717, 1.165) is 18.2 Å². The van der Waals surface area contributed by atoms with E-state index in [1.807, 2.05) is 0 Å². The quantitative estimate of drug-likeness (QED) is 0.360. The van der Waals surface area contributed by atoms with Crippen molar-refractivity contribution in [1.82, 2.24) is 5.32 Å². The van der Waals surface area contributed by atoms with Crippen molar-refractivity contribution >= 4 is 27.5 Å². The molecule has 0 bridgehead atoms. The molecule has 0 unspecified atom stereocenters. The van der Waals surface area contributed by atoms with Crippen LogP contribution in [-0.2, 0) is 0 Å². The van der Waals surface area contributed by atoms with Crippen LogP contribution in [0.15, 0.2) is 18.2 Å². The molecular formula is C12H15BrN2O4. The van der Waals surface area contributed by atoms with Gasteiger partial charge in [0.2, 0.25) is 0 Å². The van der Waals surface area contributed by atoms with E-state index in [-0.39, 0.29) is 17.3 Å². The molecule has 1 amide bonds. The number of nitrogens with one attached hydrogen (secondary N) is 1. The maximum Gasteiger partial charge on any atom is 0.310 e. The number of unbranched alkanes of at least 4 members (excludes halogenated alkanes) is 1. The van der Waals surface area contributed by atoms with Gasteiger partial charge >= 0.3 is 5.69 Å². The Labute approximate surface area is 119 Å². The molecule has 0 fully saturated rings. The summed E-state index contributed by atoms with van der Waals surface area (Å²) in [5.41, 5.74) is 0.194. The summed E-state index contributed by atoms with van der Waals surface area (Å²) < 4.78 is 4.91. The first-order chi connectivity index (χ1) is 9.10. The van der Waals surface area contributed by atoms with Crippen LogP contribution in [0.1, 0.15) is 23.2 Å². The van der Waals surface area contributed by atoms with Gasteiger partial charge in [0.05, 0.1) is 12.0 Å². The summed E-state index contributed by atoms with van der Waals surface area (Å²) in [5.74, 6) is -0.180. The normalized spacial score (nSPS) is 10.0. The molecule has 0 saturated heterocycles.